The molecule has 0 saturated carbocycles. The van der Waals surface area contributed by atoms with E-state index < -0.39 is 0 Å². The van der Waals surface area contributed by atoms with Gasteiger partial charge < -0.3 is 9.84 Å². The van der Waals surface area contributed by atoms with Crippen molar-refractivity contribution < 1.29 is 9.84 Å². The summed E-state index contributed by atoms with van der Waals surface area (Å²) in [4.78, 5) is 0. The molecule has 0 heterocycles. The third-order valence-corrected chi connectivity index (χ3v) is 2.31. The summed E-state index contributed by atoms with van der Waals surface area (Å²) in [6.07, 6.45) is 4.21. The molecule has 0 aliphatic rings. The van der Waals surface area contributed by atoms with Crippen molar-refractivity contribution in [3.63, 3.8) is 0 Å². The number of unbranched alkanes of at least 4 members (excludes halogenated alkanes) is 1. The van der Waals surface area contributed by atoms with E-state index in [-0.39, 0.29) is 6.61 Å². The summed E-state index contributed by atoms with van der Waals surface area (Å²) in [7, 11) is 0. The highest BCUT2D eigenvalue weighted by molar-refractivity contribution is 5.53. The topological polar surface area (TPSA) is 29.5 Å². The Labute approximate surface area is 97.6 Å². The lowest BCUT2D eigenvalue weighted by atomic mass is 10.1. The fourth-order valence-corrected chi connectivity index (χ4v) is 1.32. The van der Waals surface area contributed by atoms with Crippen molar-refractivity contribution in [2.24, 2.45) is 0 Å². The molecule has 1 aromatic rings. The Morgan fingerprint density at radius 3 is 2.56 bits per heavy atom. The molecule has 0 saturated heterocycles. The van der Waals surface area contributed by atoms with Crippen LogP contribution in [0.3, 0.4) is 0 Å². The van der Waals surface area contributed by atoms with E-state index in [4.69, 9.17) is 9.84 Å². The molecular weight excluding hydrogens is 200 g/mol. The van der Waals surface area contributed by atoms with E-state index in [1.54, 1.807) is 0 Å². The fourth-order valence-electron chi connectivity index (χ4n) is 1.32. The van der Waals surface area contributed by atoms with Crippen molar-refractivity contribution in [2.75, 3.05) is 13.2 Å². The van der Waals surface area contributed by atoms with Crippen LogP contribution in [0.25, 0.3) is 6.08 Å². The molecule has 0 atom stereocenters. The van der Waals surface area contributed by atoms with Gasteiger partial charge in [-0.2, -0.15) is 0 Å². The summed E-state index contributed by atoms with van der Waals surface area (Å²) in [5.41, 5.74) is 2.05. The van der Waals surface area contributed by atoms with E-state index in [0.717, 1.165) is 36.3 Å². The minimum Gasteiger partial charge on any atom is -0.494 e. The molecule has 1 aromatic carbocycles. The zero-order valence-corrected chi connectivity index (χ0v) is 10.1. The molecule has 0 radical (unpaired) electrons. The van der Waals surface area contributed by atoms with Gasteiger partial charge in [0.15, 0.2) is 0 Å². The van der Waals surface area contributed by atoms with Gasteiger partial charge in [-0.05, 0) is 36.6 Å². The van der Waals surface area contributed by atoms with Gasteiger partial charge in [-0.15, -0.1) is 0 Å². The molecule has 0 aliphatic heterocycles. The van der Waals surface area contributed by atoms with Crippen LogP contribution in [0, 0.1) is 0 Å². The van der Waals surface area contributed by atoms with Gasteiger partial charge in [0.25, 0.3) is 0 Å². The molecule has 0 amide bonds. The number of aliphatic hydroxyl groups excluding tert-OH is 1. The molecule has 88 valence electrons. The van der Waals surface area contributed by atoms with Crippen LogP contribution in [-0.2, 0) is 0 Å². The quantitative estimate of drug-likeness (QED) is 0.746. The predicted molar refractivity (Wildman–Crippen MR) is 67.6 cm³/mol. The third-order valence-electron chi connectivity index (χ3n) is 2.31. The van der Waals surface area contributed by atoms with E-state index in [2.05, 4.69) is 6.92 Å². The van der Waals surface area contributed by atoms with Gasteiger partial charge in [0, 0.05) is 0 Å². The summed E-state index contributed by atoms with van der Waals surface area (Å²) in [5, 5.41) is 8.90. The summed E-state index contributed by atoms with van der Waals surface area (Å²) >= 11 is 0. The maximum absolute atomic E-state index is 8.90. The first kappa shape index (κ1) is 12.8. The smallest absolute Gasteiger partial charge is 0.119 e. The normalized spacial score (nSPS) is 11.6. The molecule has 0 unspecified atom stereocenters. The predicted octanol–water partition coefficient (Wildman–Crippen LogP) is 3.26. The monoisotopic (exact) mass is 220 g/mol. The third kappa shape index (κ3) is 4.49. The second kappa shape index (κ2) is 7.07. The zero-order valence-electron chi connectivity index (χ0n) is 10.1. The molecular formula is C14H20O2. The minimum absolute atomic E-state index is 0.106. The van der Waals surface area contributed by atoms with Crippen LogP contribution in [0.4, 0.5) is 0 Å². The van der Waals surface area contributed by atoms with E-state index in [1.165, 1.54) is 0 Å². The minimum atomic E-state index is 0.106. The highest BCUT2D eigenvalue weighted by Gasteiger charge is 1.94. The molecule has 0 spiro atoms. The van der Waals surface area contributed by atoms with Gasteiger partial charge in [0.1, 0.15) is 5.75 Å². The lowest BCUT2D eigenvalue weighted by Crippen LogP contribution is -1.95. The lowest BCUT2D eigenvalue weighted by molar-refractivity contribution is 0.309. The maximum atomic E-state index is 8.90. The van der Waals surface area contributed by atoms with Crippen molar-refractivity contribution in [2.45, 2.75) is 26.7 Å². The van der Waals surface area contributed by atoms with Crippen LogP contribution in [-0.4, -0.2) is 18.3 Å². The number of hydrogen-bond donors (Lipinski definition) is 1. The van der Waals surface area contributed by atoms with Crippen LogP contribution in [0.1, 0.15) is 32.3 Å². The van der Waals surface area contributed by atoms with Crippen molar-refractivity contribution >= 4 is 6.08 Å². The van der Waals surface area contributed by atoms with E-state index in [0.29, 0.717) is 0 Å². The number of rotatable bonds is 6. The van der Waals surface area contributed by atoms with Gasteiger partial charge in [0.05, 0.1) is 13.2 Å². The number of benzene rings is 1. The molecule has 16 heavy (non-hydrogen) atoms. The highest BCUT2D eigenvalue weighted by Crippen LogP contribution is 2.14. The standard InChI is InChI=1S/C14H20O2/c1-3-4-9-16-14-7-5-13(6-8-14)10-12(2)11-15/h5-8,10,15H,3-4,9,11H2,1-2H3. The van der Waals surface area contributed by atoms with Gasteiger partial charge in [-0.1, -0.05) is 31.6 Å². The Kier molecular flexibility index (Phi) is 5.65. The average Bonchev–Trinajstić information content (AvgIpc) is 2.31. The summed E-state index contributed by atoms with van der Waals surface area (Å²) in [5.74, 6) is 0.909. The van der Waals surface area contributed by atoms with Crippen molar-refractivity contribution in [1.29, 1.82) is 0 Å². The van der Waals surface area contributed by atoms with Crippen LogP contribution >= 0.6 is 0 Å². The van der Waals surface area contributed by atoms with Crippen LogP contribution in [0.2, 0.25) is 0 Å². The second-order valence-corrected chi connectivity index (χ2v) is 3.92. The van der Waals surface area contributed by atoms with Crippen LogP contribution in [0.5, 0.6) is 5.75 Å². The summed E-state index contributed by atoms with van der Waals surface area (Å²) in [6.45, 7) is 4.94. The van der Waals surface area contributed by atoms with Gasteiger partial charge in [-0.3, -0.25) is 0 Å². The Morgan fingerprint density at radius 1 is 1.31 bits per heavy atom. The first-order chi connectivity index (χ1) is 7.76. The summed E-state index contributed by atoms with van der Waals surface area (Å²) in [6, 6.07) is 7.93. The van der Waals surface area contributed by atoms with Crippen LogP contribution in [0.15, 0.2) is 29.8 Å². The molecule has 2 heteroatoms. The molecule has 0 bridgehead atoms. The number of hydrogen-bond acceptors (Lipinski definition) is 2. The SMILES string of the molecule is CCCCOc1ccc(C=C(C)CO)cc1. The van der Waals surface area contributed by atoms with Gasteiger partial charge in [-0.25, -0.2) is 0 Å². The molecule has 0 aliphatic carbocycles. The van der Waals surface area contributed by atoms with Crippen molar-refractivity contribution in [3.8, 4) is 5.75 Å². The Morgan fingerprint density at radius 2 is 2.00 bits per heavy atom. The van der Waals surface area contributed by atoms with Crippen molar-refractivity contribution in [3.05, 3.63) is 35.4 Å². The molecule has 1 rings (SSSR count). The van der Waals surface area contributed by atoms with E-state index in [1.807, 2.05) is 37.3 Å². The molecule has 2 nitrogen and oxygen atoms in total. The molecule has 0 fully saturated rings. The van der Waals surface area contributed by atoms with Gasteiger partial charge in [0.2, 0.25) is 0 Å². The average molecular weight is 220 g/mol. The largest absolute Gasteiger partial charge is 0.494 e. The van der Waals surface area contributed by atoms with Crippen LogP contribution < -0.4 is 4.74 Å². The molecule has 0 aromatic heterocycles. The van der Waals surface area contributed by atoms with E-state index in [9.17, 15) is 0 Å². The summed E-state index contributed by atoms with van der Waals surface area (Å²) < 4.78 is 5.56. The first-order valence-corrected chi connectivity index (χ1v) is 5.77. The second-order valence-electron chi connectivity index (χ2n) is 3.92. The lowest BCUT2D eigenvalue weighted by Gasteiger charge is -2.05. The first-order valence-electron chi connectivity index (χ1n) is 5.77. The highest BCUT2D eigenvalue weighted by atomic mass is 16.5. The number of ether oxygens (including phenoxy) is 1. The van der Waals surface area contributed by atoms with E-state index >= 15 is 0 Å². The Balaban J connectivity index is 2.54. The molecule has 1 N–H and O–H groups in total. The number of aliphatic hydroxyl groups is 1. The maximum Gasteiger partial charge on any atom is 0.119 e. The van der Waals surface area contributed by atoms with Crippen molar-refractivity contribution in [1.82, 2.24) is 0 Å². The Bertz CT molecular complexity index is 325. The van der Waals surface area contributed by atoms with Gasteiger partial charge >= 0.3 is 0 Å². The zero-order chi connectivity index (χ0) is 11.8. The fraction of sp³-hybridized carbons (Fsp3) is 0.429. The Hall–Kier alpha value is -1.28.